The van der Waals surface area contributed by atoms with Gasteiger partial charge in [-0.1, -0.05) is 6.42 Å². The van der Waals surface area contributed by atoms with Gasteiger partial charge in [0, 0.05) is 12.1 Å². The third-order valence-corrected chi connectivity index (χ3v) is 5.08. The van der Waals surface area contributed by atoms with Crippen LogP contribution in [0.4, 0.5) is 0 Å². The summed E-state index contributed by atoms with van der Waals surface area (Å²) in [6.07, 6.45) is 7.56. The Morgan fingerprint density at radius 1 is 1.09 bits per heavy atom. The second kappa shape index (κ2) is 6.52. The van der Waals surface area contributed by atoms with E-state index in [2.05, 4.69) is 17.0 Å². The highest BCUT2D eigenvalue weighted by Gasteiger charge is 2.47. The van der Waals surface area contributed by atoms with E-state index in [1.54, 1.807) is 0 Å². The fraction of sp³-hybridized carbons (Fsp3) is 0.632. The molecule has 1 spiro atoms. The van der Waals surface area contributed by atoms with Gasteiger partial charge in [-0.3, -0.25) is 0 Å². The molecule has 0 unspecified atom stereocenters. The zero-order valence-corrected chi connectivity index (χ0v) is 13.8. The zero-order valence-electron chi connectivity index (χ0n) is 13.8. The highest BCUT2D eigenvalue weighted by Crippen LogP contribution is 2.43. The Hall–Kier alpha value is -1.55. The third kappa shape index (κ3) is 3.69. The minimum atomic E-state index is 0.138. The summed E-state index contributed by atoms with van der Waals surface area (Å²) in [4.78, 5) is 7.26. The van der Waals surface area contributed by atoms with Gasteiger partial charge in [-0.05, 0) is 69.5 Å². The van der Waals surface area contributed by atoms with Crippen molar-refractivity contribution in [2.24, 2.45) is 4.99 Å². The third-order valence-electron chi connectivity index (χ3n) is 5.08. The van der Waals surface area contributed by atoms with Gasteiger partial charge in [0.05, 0.1) is 12.1 Å². The van der Waals surface area contributed by atoms with Crippen LogP contribution in [0.5, 0.6) is 5.75 Å². The molecule has 0 atom stereocenters. The average Bonchev–Trinajstić information content (AvgIpc) is 3.23. The summed E-state index contributed by atoms with van der Waals surface area (Å²) in [7, 11) is 0. The molecule has 2 aliphatic heterocycles. The van der Waals surface area contributed by atoms with E-state index in [0.717, 1.165) is 43.4 Å². The molecule has 0 amide bonds. The lowest BCUT2D eigenvalue weighted by Crippen LogP contribution is -2.31. The quantitative estimate of drug-likeness (QED) is 0.756. The number of hydrogen-bond acceptors (Lipinski definition) is 4. The predicted octanol–water partition coefficient (Wildman–Crippen LogP) is 3.25. The first-order valence-corrected chi connectivity index (χ1v) is 9.01. The lowest BCUT2D eigenvalue weighted by atomic mass is 10.1. The van der Waals surface area contributed by atoms with Crippen LogP contribution in [0.3, 0.4) is 0 Å². The molecule has 1 saturated heterocycles. The van der Waals surface area contributed by atoms with Crippen molar-refractivity contribution in [3.05, 3.63) is 29.8 Å². The van der Waals surface area contributed by atoms with E-state index in [1.807, 2.05) is 12.1 Å². The monoisotopic (exact) mass is 314 g/mol. The Morgan fingerprint density at radius 2 is 1.87 bits per heavy atom. The van der Waals surface area contributed by atoms with Gasteiger partial charge in [-0.2, -0.15) is 0 Å². The Bertz CT molecular complexity index is 557. The second-order valence-electron chi connectivity index (χ2n) is 7.06. The van der Waals surface area contributed by atoms with Crippen LogP contribution in [0, 0.1) is 0 Å². The van der Waals surface area contributed by atoms with Crippen molar-refractivity contribution in [1.82, 2.24) is 4.90 Å². The molecule has 2 heterocycles. The van der Waals surface area contributed by atoms with Crippen LogP contribution in [-0.2, 0) is 4.74 Å². The molecule has 4 heteroatoms. The molecule has 4 nitrogen and oxygen atoms in total. The Labute approximate surface area is 138 Å². The molecular formula is C19H26N2O2. The predicted molar refractivity (Wildman–Crippen MR) is 91.3 cm³/mol. The lowest BCUT2D eigenvalue weighted by molar-refractivity contribution is 0.205. The molecule has 3 aliphatic rings. The number of benzene rings is 1. The molecule has 1 aromatic carbocycles. The summed E-state index contributed by atoms with van der Waals surface area (Å²) >= 11 is 0. The van der Waals surface area contributed by atoms with Gasteiger partial charge >= 0.3 is 0 Å². The van der Waals surface area contributed by atoms with Gasteiger partial charge in [-0.15, -0.1) is 0 Å². The van der Waals surface area contributed by atoms with E-state index in [9.17, 15) is 0 Å². The summed E-state index contributed by atoms with van der Waals surface area (Å²) in [6.45, 7) is 5.23. The van der Waals surface area contributed by atoms with Crippen LogP contribution in [0.1, 0.15) is 44.1 Å². The van der Waals surface area contributed by atoms with E-state index < -0.39 is 0 Å². The van der Waals surface area contributed by atoms with Crippen molar-refractivity contribution < 1.29 is 9.47 Å². The molecule has 0 radical (unpaired) electrons. The largest absolute Gasteiger partial charge is 0.494 e. The van der Waals surface area contributed by atoms with Crippen molar-refractivity contribution in [1.29, 1.82) is 0 Å². The van der Waals surface area contributed by atoms with Gasteiger partial charge in [0.25, 0.3) is 0 Å². The number of piperidine rings is 1. The fourth-order valence-electron chi connectivity index (χ4n) is 3.39. The maximum atomic E-state index is 5.86. The first-order valence-electron chi connectivity index (χ1n) is 9.01. The van der Waals surface area contributed by atoms with Crippen LogP contribution < -0.4 is 4.74 Å². The minimum Gasteiger partial charge on any atom is -0.494 e. The average molecular weight is 314 g/mol. The Morgan fingerprint density at radius 3 is 2.57 bits per heavy atom. The molecule has 23 heavy (non-hydrogen) atoms. The van der Waals surface area contributed by atoms with Gasteiger partial charge in [0.2, 0.25) is 5.90 Å². The van der Waals surface area contributed by atoms with Gasteiger partial charge < -0.3 is 14.4 Å². The summed E-state index contributed by atoms with van der Waals surface area (Å²) in [5.41, 5.74) is 1.20. The van der Waals surface area contributed by atoms with Crippen molar-refractivity contribution in [3.63, 3.8) is 0 Å². The van der Waals surface area contributed by atoms with Crippen LogP contribution in [0.2, 0.25) is 0 Å². The number of aliphatic imine (C=N–C) groups is 1. The number of rotatable bonds is 6. The maximum Gasteiger partial charge on any atom is 0.216 e. The van der Waals surface area contributed by atoms with Gasteiger partial charge in [-0.25, -0.2) is 4.99 Å². The molecule has 4 rings (SSSR count). The van der Waals surface area contributed by atoms with Crippen LogP contribution in [0.15, 0.2) is 29.3 Å². The molecule has 1 aliphatic carbocycles. The first-order chi connectivity index (χ1) is 11.3. The second-order valence-corrected chi connectivity index (χ2v) is 7.06. The highest BCUT2D eigenvalue weighted by atomic mass is 16.5. The Kier molecular flexibility index (Phi) is 4.25. The first kappa shape index (κ1) is 15.0. The number of hydrogen-bond donors (Lipinski definition) is 0. The molecular weight excluding hydrogens is 288 g/mol. The molecule has 0 N–H and O–H groups in total. The maximum absolute atomic E-state index is 5.86. The molecule has 0 bridgehead atoms. The summed E-state index contributed by atoms with van der Waals surface area (Å²) in [5.74, 6) is 1.74. The van der Waals surface area contributed by atoms with Crippen LogP contribution >= 0.6 is 0 Å². The highest BCUT2D eigenvalue weighted by molar-refractivity contribution is 5.95. The SMILES string of the molecule is c1cc(C2=NC3(CC3)CO2)ccc1OCCCN1CCCCC1. The van der Waals surface area contributed by atoms with Crippen LogP contribution in [-0.4, -0.2) is 49.2 Å². The summed E-state index contributed by atoms with van der Waals surface area (Å²) in [6, 6.07) is 8.17. The van der Waals surface area contributed by atoms with Crippen molar-refractivity contribution >= 4 is 5.90 Å². The van der Waals surface area contributed by atoms with Crippen molar-refractivity contribution in [2.75, 3.05) is 32.8 Å². The number of ether oxygens (including phenoxy) is 2. The lowest BCUT2D eigenvalue weighted by Gasteiger charge is -2.26. The summed E-state index contributed by atoms with van der Waals surface area (Å²) < 4.78 is 11.6. The minimum absolute atomic E-state index is 0.138. The smallest absolute Gasteiger partial charge is 0.216 e. The van der Waals surface area contributed by atoms with Crippen LogP contribution in [0.25, 0.3) is 0 Å². The van der Waals surface area contributed by atoms with E-state index >= 15 is 0 Å². The fourth-order valence-corrected chi connectivity index (χ4v) is 3.39. The van der Waals surface area contributed by atoms with E-state index in [1.165, 1.54) is 45.2 Å². The molecule has 0 aromatic heterocycles. The van der Waals surface area contributed by atoms with E-state index in [4.69, 9.17) is 14.5 Å². The zero-order chi connectivity index (χ0) is 15.5. The normalized spacial score (nSPS) is 22.7. The molecule has 1 aromatic rings. The van der Waals surface area contributed by atoms with Gasteiger partial charge in [0.1, 0.15) is 12.4 Å². The molecule has 124 valence electrons. The van der Waals surface area contributed by atoms with Crippen molar-refractivity contribution in [3.8, 4) is 5.75 Å². The molecule has 1 saturated carbocycles. The van der Waals surface area contributed by atoms with E-state index in [0.29, 0.717) is 0 Å². The number of nitrogens with zero attached hydrogens (tertiary/aromatic N) is 2. The van der Waals surface area contributed by atoms with E-state index in [-0.39, 0.29) is 5.54 Å². The standard InChI is InChI=1S/C19H26N2O2/c1-2-11-21(12-3-1)13-4-14-22-17-7-5-16(6-8-17)18-20-19(9-10-19)15-23-18/h5-8H,1-4,9-15H2. The number of likely N-dealkylation sites (tertiary alicyclic amines) is 1. The van der Waals surface area contributed by atoms with Gasteiger partial charge in [0.15, 0.2) is 0 Å². The Balaban J connectivity index is 1.22. The van der Waals surface area contributed by atoms with Crippen molar-refractivity contribution in [2.45, 2.75) is 44.1 Å². The topological polar surface area (TPSA) is 34.1 Å². The summed E-state index contributed by atoms with van der Waals surface area (Å²) in [5, 5.41) is 0. The molecule has 2 fully saturated rings.